The number of hydrogen-bond acceptors (Lipinski definition) is 3. The molecule has 1 fully saturated rings. The monoisotopic (exact) mass is 290 g/mol. The predicted octanol–water partition coefficient (Wildman–Crippen LogP) is 2.05. The van der Waals surface area contributed by atoms with Crippen molar-refractivity contribution in [2.45, 2.75) is 32.0 Å². The minimum absolute atomic E-state index is 0. The van der Waals surface area contributed by atoms with Crippen LogP contribution in [0.3, 0.4) is 0 Å². The van der Waals surface area contributed by atoms with Gasteiger partial charge in [-0.3, -0.25) is 4.90 Å². The molecule has 0 spiro atoms. The third-order valence-electron chi connectivity index (χ3n) is 3.26. The first-order chi connectivity index (χ1) is 7.94. The first-order valence-corrected chi connectivity index (χ1v) is 6.02. The summed E-state index contributed by atoms with van der Waals surface area (Å²) in [5.74, 6) is 0.511. The second-order valence-electron chi connectivity index (χ2n) is 4.63. The highest BCUT2D eigenvalue weighted by atomic mass is 35.5. The Morgan fingerprint density at radius 1 is 1.39 bits per heavy atom. The van der Waals surface area contributed by atoms with E-state index in [1.165, 1.54) is 0 Å². The highest BCUT2D eigenvalue weighted by Gasteiger charge is 2.29. The van der Waals surface area contributed by atoms with Crippen LogP contribution in [0.25, 0.3) is 0 Å². The molecule has 0 bridgehead atoms. The summed E-state index contributed by atoms with van der Waals surface area (Å²) in [6, 6.07) is 0.276. The maximum absolute atomic E-state index is 11.9. The van der Waals surface area contributed by atoms with Gasteiger partial charge in [0.1, 0.15) is 6.61 Å². The summed E-state index contributed by atoms with van der Waals surface area (Å²) in [7, 11) is 0. The third kappa shape index (κ3) is 6.22. The van der Waals surface area contributed by atoms with E-state index >= 15 is 0 Å². The Morgan fingerprint density at radius 3 is 2.61 bits per heavy atom. The summed E-state index contributed by atoms with van der Waals surface area (Å²) < 4.78 is 40.2. The van der Waals surface area contributed by atoms with Crippen LogP contribution in [0, 0.1) is 5.92 Å². The molecule has 18 heavy (non-hydrogen) atoms. The molecule has 1 heterocycles. The van der Waals surface area contributed by atoms with Gasteiger partial charge >= 0.3 is 6.18 Å². The lowest BCUT2D eigenvalue weighted by molar-refractivity contribution is -0.175. The summed E-state index contributed by atoms with van der Waals surface area (Å²) in [4.78, 5) is 2.14. The van der Waals surface area contributed by atoms with E-state index in [4.69, 9.17) is 5.73 Å². The van der Waals surface area contributed by atoms with Crippen LogP contribution < -0.4 is 5.73 Å². The van der Waals surface area contributed by atoms with Crippen molar-refractivity contribution in [3.63, 3.8) is 0 Å². The van der Waals surface area contributed by atoms with E-state index < -0.39 is 12.8 Å². The van der Waals surface area contributed by atoms with Gasteiger partial charge in [-0.05, 0) is 25.3 Å². The van der Waals surface area contributed by atoms with Crippen molar-refractivity contribution in [2.75, 3.05) is 32.8 Å². The number of likely N-dealkylation sites (tertiary alicyclic amines) is 1. The average molecular weight is 291 g/mol. The molecule has 3 nitrogen and oxygen atoms in total. The van der Waals surface area contributed by atoms with Gasteiger partial charge in [0.15, 0.2) is 0 Å². The molecule has 0 aromatic heterocycles. The summed E-state index contributed by atoms with van der Waals surface area (Å²) in [6.07, 6.45) is -2.01. The lowest BCUT2D eigenvalue weighted by Crippen LogP contribution is -2.49. The number of nitrogens with zero attached hydrogens (tertiary/aromatic N) is 1. The molecule has 1 rings (SSSR count). The van der Waals surface area contributed by atoms with Crippen molar-refractivity contribution in [3.8, 4) is 0 Å². The first-order valence-electron chi connectivity index (χ1n) is 6.02. The molecular weight excluding hydrogens is 269 g/mol. The Bertz CT molecular complexity index is 229. The molecule has 7 heteroatoms. The Kier molecular flexibility index (Phi) is 8.18. The van der Waals surface area contributed by atoms with Gasteiger partial charge in [0.25, 0.3) is 0 Å². The van der Waals surface area contributed by atoms with E-state index in [-0.39, 0.29) is 25.1 Å². The minimum atomic E-state index is -4.23. The van der Waals surface area contributed by atoms with Crippen molar-refractivity contribution in [3.05, 3.63) is 0 Å². The van der Waals surface area contributed by atoms with Crippen LogP contribution in [0.5, 0.6) is 0 Å². The van der Waals surface area contributed by atoms with Crippen molar-refractivity contribution in [2.24, 2.45) is 11.7 Å². The van der Waals surface area contributed by atoms with Gasteiger partial charge < -0.3 is 10.5 Å². The van der Waals surface area contributed by atoms with Crippen LogP contribution in [0.2, 0.25) is 0 Å². The van der Waals surface area contributed by atoms with Gasteiger partial charge in [-0.15, -0.1) is 12.4 Å². The van der Waals surface area contributed by atoms with Gasteiger partial charge in [-0.25, -0.2) is 0 Å². The first kappa shape index (κ1) is 18.0. The smallest absolute Gasteiger partial charge is 0.371 e. The van der Waals surface area contributed by atoms with Crippen LogP contribution in [-0.4, -0.2) is 50.0 Å². The van der Waals surface area contributed by atoms with Gasteiger partial charge in [-0.1, -0.05) is 6.92 Å². The third-order valence-corrected chi connectivity index (χ3v) is 3.26. The molecule has 0 aromatic carbocycles. The quantitative estimate of drug-likeness (QED) is 0.788. The van der Waals surface area contributed by atoms with Crippen LogP contribution in [-0.2, 0) is 4.74 Å². The number of piperidine rings is 1. The van der Waals surface area contributed by atoms with Gasteiger partial charge in [-0.2, -0.15) is 13.2 Å². The van der Waals surface area contributed by atoms with Gasteiger partial charge in [0.2, 0.25) is 0 Å². The number of rotatable bonds is 5. The van der Waals surface area contributed by atoms with Crippen LogP contribution >= 0.6 is 12.4 Å². The highest BCUT2D eigenvalue weighted by molar-refractivity contribution is 5.85. The molecule has 2 unspecified atom stereocenters. The second kappa shape index (κ2) is 8.19. The maximum atomic E-state index is 11.9. The van der Waals surface area contributed by atoms with Crippen molar-refractivity contribution < 1.29 is 17.9 Å². The largest absolute Gasteiger partial charge is 0.411 e. The summed E-state index contributed by atoms with van der Waals surface area (Å²) in [5.41, 5.74) is 5.70. The Labute approximate surface area is 112 Å². The van der Waals surface area contributed by atoms with E-state index in [9.17, 15) is 13.2 Å². The molecule has 0 saturated carbocycles. The van der Waals surface area contributed by atoms with E-state index in [0.717, 1.165) is 19.4 Å². The van der Waals surface area contributed by atoms with Crippen LogP contribution in [0.15, 0.2) is 0 Å². The molecule has 0 aliphatic carbocycles. The maximum Gasteiger partial charge on any atom is 0.411 e. The molecule has 110 valence electrons. The fourth-order valence-electron chi connectivity index (χ4n) is 2.36. The molecule has 2 N–H and O–H groups in total. The average Bonchev–Trinajstić information content (AvgIpc) is 2.23. The molecule has 0 aromatic rings. The zero-order valence-corrected chi connectivity index (χ0v) is 11.4. The van der Waals surface area contributed by atoms with E-state index in [2.05, 4.69) is 16.6 Å². The minimum Gasteiger partial charge on any atom is -0.371 e. The lowest BCUT2D eigenvalue weighted by atomic mass is 9.91. The molecule has 2 atom stereocenters. The SMILES string of the molecule is CC1CCCN(CCOCC(F)(F)F)C1CN.Cl. The zero-order valence-electron chi connectivity index (χ0n) is 10.6. The number of ether oxygens (including phenoxy) is 1. The number of alkyl halides is 3. The van der Waals surface area contributed by atoms with Gasteiger partial charge in [0, 0.05) is 19.1 Å². The Morgan fingerprint density at radius 2 is 2.06 bits per heavy atom. The van der Waals surface area contributed by atoms with Gasteiger partial charge in [0.05, 0.1) is 6.61 Å². The Hall–Kier alpha value is -0.0400. The topological polar surface area (TPSA) is 38.5 Å². The summed E-state index contributed by atoms with van der Waals surface area (Å²) in [5, 5.41) is 0. The molecule has 0 amide bonds. The zero-order chi connectivity index (χ0) is 12.9. The lowest BCUT2D eigenvalue weighted by Gasteiger charge is -2.39. The number of hydrogen-bond donors (Lipinski definition) is 1. The van der Waals surface area contributed by atoms with Crippen molar-refractivity contribution in [1.29, 1.82) is 0 Å². The molecule has 1 saturated heterocycles. The van der Waals surface area contributed by atoms with E-state index in [0.29, 0.717) is 19.0 Å². The molecule has 1 aliphatic rings. The normalized spacial score (nSPS) is 25.8. The van der Waals surface area contributed by atoms with Crippen molar-refractivity contribution in [1.82, 2.24) is 4.90 Å². The fourth-order valence-corrected chi connectivity index (χ4v) is 2.36. The number of halogens is 4. The van der Waals surface area contributed by atoms with Crippen LogP contribution in [0.4, 0.5) is 13.2 Å². The summed E-state index contributed by atoms with van der Waals surface area (Å²) in [6.45, 7) is 3.08. The molecular formula is C11H22ClF3N2O. The summed E-state index contributed by atoms with van der Waals surface area (Å²) >= 11 is 0. The molecule has 1 aliphatic heterocycles. The van der Waals surface area contributed by atoms with E-state index in [1.807, 2.05) is 0 Å². The fraction of sp³-hybridized carbons (Fsp3) is 1.00. The standard InChI is InChI=1S/C11H21F3N2O.ClH/c1-9-3-2-4-16(10(9)7-15)5-6-17-8-11(12,13)14;/h9-10H,2-8,15H2,1H3;1H. The van der Waals surface area contributed by atoms with Crippen molar-refractivity contribution >= 4 is 12.4 Å². The Balaban J connectivity index is 0.00000289. The number of nitrogens with two attached hydrogens (primary N) is 1. The van der Waals surface area contributed by atoms with E-state index in [1.54, 1.807) is 0 Å². The molecule has 0 radical (unpaired) electrons. The second-order valence-corrected chi connectivity index (χ2v) is 4.63. The predicted molar refractivity (Wildman–Crippen MR) is 66.9 cm³/mol. The highest BCUT2D eigenvalue weighted by Crippen LogP contribution is 2.22. The van der Waals surface area contributed by atoms with Crippen LogP contribution in [0.1, 0.15) is 19.8 Å².